The van der Waals surface area contributed by atoms with Crippen LogP contribution in [0.15, 0.2) is 60.9 Å². The zero-order valence-corrected chi connectivity index (χ0v) is 19.1. The number of anilines is 1. The van der Waals surface area contributed by atoms with Gasteiger partial charge in [0.25, 0.3) is 0 Å². The van der Waals surface area contributed by atoms with Crippen LogP contribution in [-0.2, 0) is 19.9 Å². The van der Waals surface area contributed by atoms with E-state index in [-0.39, 0.29) is 12.5 Å². The van der Waals surface area contributed by atoms with E-state index in [0.29, 0.717) is 5.69 Å². The molecule has 1 aliphatic carbocycles. The van der Waals surface area contributed by atoms with Gasteiger partial charge in [-0.25, -0.2) is 4.79 Å². The van der Waals surface area contributed by atoms with Crippen molar-refractivity contribution >= 4 is 23.7 Å². The summed E-state index contributed by atoms with van der Waals surface area (Å²) in [6.45, 7) is 4.75. The van der Waals surface area contributed by atoms with E-state index in [2.05, 4.69) is 27.9 Å². The fourth-order valence-electron chi connectivity index (χ4n) is 3.98. The van der Waals surface area contributed by atoms with E-state index >= 15 is 0 Å². The predicted molar refractivity (Wildman–Crippen MR) is 125 cm³/mol. The van der Waals surface area contributed by atoms with Crippen LogP contribution in [0.25, 0.3) is 11.1 Å². The lowest BCUT2D eigenvalue weighted by Gasteiger charge is -2.25. The normalized spacial score (nSPS) is 13.5. The van der Waals surface area contributed by atoms with Gasteiger partial charge in [0, 0.05) is 12.1 Å². The first kappa shape index (κ1) is 23.0. The molecule has 0 radical (unpaired) electrons. The summed E-state index contributed by atoms with van der Waals surface area (Å²) in [4.78, 5) is 36.0. The molecule has 0 unspecified atom stereocenters. The summed E-state index contributed by atoms with van der Waals surface area (Å²) in [6, 6.07) is 15.1. The van der Waals surface area contributed by atoms with Gasteiger partial charge in [0.05, 0.1) is 11.9 Å². The number of fused-ring (bicyclic) bond motifs is 3. The third kappa shape index (κ3) is 4.36. The zero-order chi connectivity index (χ0) is 24.5. The van der Waals surface area contributed by atoms with Gasteiger partial charge in [-0.15, -0.1) is 0 Å². The topological polar surface area (TPSA) is 123 Å². The Balaban J connectivity index is 1.40. The van der Waals surface area contributed by atoms with Gasteiger partial charge in [0.1, 0.15) is 18.2 Å². The first-order chi connectivity index (χ1) is 16.2. The van der Waals surface area contributed by atoms with Crippen LogP contribution >= 0.6 is 0 Å². The van der Waals surface area contributed by atoms with E-state index in [9.17, 15) is 14.4 Å². The van der Waals surface area contributed by atoms with Crippen molar-refractivity contribution in [1.82, 2.24) is 15.1 Å². The third-order valence-electron chi connectivity index (χ3n) is 6.02. The Morgan fingerprint density at radius 3 is 2.26 bits per heavy atom. The highest BCUT2D eigenvalue weighted by Gasteiger charge is 2.33. The lowest BCUT2D eigenvalue weighted by Crippen LogP contribution is -2.49. The Kier molecular flexibility index (Phi) is 6.10. The number of nitrogens with one attached hydrogen (secondary N) is 2. The molecule has 0 bridgehead atoms. The van der Waals surface area contributed by atoms with Gasteiger partial charge in [-0.2, -0.15) is 5.10 Å². The maximum atomic E-state index is 12.5. The highest BCUT2D eigenvalue weighted by Crippen LogP contribution is 2.44. The van der Waals surface area contributed by atoms with Gasteiger partial charge in [-0.3, -0.25) is 19.6 Å². The van der Waals surface area contributed by atoms with Crippen molar-refractivity contribution in [2.45, 2.75) is 38.3 Å². The summed E-state index contributed by atoms with van der Waals surface area (Å²) in [5.74, 6) is -1.71. The van der Waals surface area contributed by atoms with Crippen molar-refractivity contribution in [3.8, 4) is 11.1 Å². The number of rotatable bonds is 7. The largest absolute Gasteiger partial charge is 0.480 e. The molecule has 3 N–H and O–H groups in total. The molecule has 1 aromatic heterocycles. The maximum Gasteiger partial charge on any atom is 0.411 e. The smallest absolute Gasteiger partial charge is 0.411 e. The molecule has 0 fully saturated rings. The minimum absolute atomic E-state index is 0.0558. The molecule has 2 amide bonds. The zero-order valence-electron chi connectivity index (χ0n) is 19.1. The Labute approximate surface area is 196 Å². The highest BCUT2D eigenvalue weighted by atomic mass is 16.5. The molecule has 4 rings (SSSR count). The fraction of sp³-hybridized carbons (Fsp3) is 0.280. The second kappa shape index (κ2) is 9.01. The number of hydrogen-bond acceptors (Lipinski definition) is 5. The molecule has 0 saturated heterocycles. The SMILES string of the molecule is C[C@@H](NC(=O)C(C)(C)n1cc(NC(=O)OCC2c3ccccc3-c3ccccc32)cn1)C(=O)O. The number of carboxylic acids is 1. The van der Waals surface area contributed by atoms with E-state index in [1.165, 1.54) is 24.0 Å². The lowest BCUT2D eigenvalue weighted by atomic mass is 9.98. The molecule has 0 aliphatic heterocycles. The van der Waals surface area contributed by atoms with Crippen LogP contribution in [-0.4, -0.2) is 45.5 Å². The molecule has 1 aliphatic rings. The number of aromatic nitrogens is 2. The first-order valence-electron chi connectivity index (χ1n) is 10.9. The van der Waals surface area contributed by atoms with E-state index in [0.717, 1.165) is 22.3 Å². The number of benzene rings is 2. The van der Waals surface area contributed by atoms with Crippen LogP contribution in [0.3, 0.4) is 0 Å². The molecule has 9 heteroatoms. The number of aliphatic carboxylic acids is 1. The third-order valence-corrected chi connectivity index (χ3v) is 6.02. The molecule has 3 aromatic rings. The molecule has 34 heavy (non-hydrogen) atoms. The molecule has 0 saturated carbocycles. The molecule has 176 valence electrons. The average Bonchev–Trinajstić information content (AvgIpc) is 3.41. The quantitative estimate of drug-likeness (QED) is 0.493. The monoisotopic (exact) mass is 462 g/mol. The molecule has 2 aromatic carbocycles. The van der Waals surface area contributed by atoms with Crippen LogP contribution in [0.4, 0.5) is 10.5 Å². The Morgan fingerprint density at radius 1 is 1.09 bits per heavy atom. The average molecular weight is 463 g/mol. The standard InChI is InChI=1S/C25H26N4O5/c1-15(22(30)31)27-23(32)25(2,3)29-13-16(12-26-29)28-24(33)34-14-21-19-10-6-4-8-17(19)18-9-5-7-11-20(18)21/h4-13,15,21H,14H2,1-3H3,(H,27,32)(H,28,33)(H,30,31)/t15-/m1/s1. The van der Waals surface area contributed by atoms with Gasteiger partial charge in [0.15, 0.2) is 0 Å². The van der Waals surface area contributed by atoms with Crippen molar-refractivity contribution in [1.29, 1.82) is 0 Å². The van der Waals surface area contributed by atoms with Gasteiger partial charge < -0.3 is 15.2 Å². The van der Waals surface area contributed by atoms with Gasteiger partial charge in [-0.1, -0.05) is 48.5 Å². The van der Waals surface area contributed by atoms with E-state index < -0.39 is 29.6 Å². The summed E-state index contributed by atoms with van der Waals surface area (Å²) in [7, 11) is 0. The number of hydrogen-bond donors (Lipinski definition) is 3. The van der Waals surface area contributed by atoms with Crippen LogP contribution in [0, 0.1) is 0 Å². The minimum Gasteiger partial charge on any atom is -0.480 e. The minimum atomic E-state index is -1.18. The molecule has 9 nitrogen and oxygen atoms in total. The van der Waals surface area contributed by atoms with Crippen molar-refractivity contribution in [2.24, 2.45) is 0 Å². The van der Waals surface area contributed by atoms with Crippen LogP contribution in [0.5, 0.6) is 0 Å². The molecule has 0 spiro atoms. The van der Waals surface area contributed by atoms with Gasteiger partial charge in [0.2, 0.25) is 5.91 Å². The van der Waals surface area contributed by atoms with Crippen molar-refractivity contribution in [3.05, 3.63) is 72.1 Å². The number of carbonyl (C=O) groups is 3. The Morgan fingerprint density at radius 2 is 1.68 bits per heavy atom. The summed E-state index contributed by atoms with van der Waals surface area (Å²) >= 11 is 0. The number of nitrogens with zero attached hydrogens (tertiary/aromatic N) is 2. The number of ether oxygens (including phenoxy) is 1. The van der Waals surface area contributed by atoms with Crippen molar-refractivity contribution < 1.29 is 24.2 Å². The summed E-state index contributed by atoms with van der Waals surface area (Å²) < 4.78 is 6.89. The second-order valence-electron chi connectivity index (χ2n) is 8.72. The molecular formula is C25H26N4O5. The maximum absolute atomic E-state index is 12.5. The number of amides is 2. The van der Waals surface area contributed by atoms with E-state index in [1.807, 2.05) is 36.4 Å². The first-order valence-corrected chi connectivity index (χ1v) is 10.9. The van der Waals surface area contributed by atoms with Crippen molar-refractivity contribution in [3.63, 3.8) is 0 Å². The van der Waals surface area contributed by atoms with Gasteiger partial charge >= 0.3 is 12.1 Å². The lowest BCUT2D eigenvalue weighted by molar-refractivity contribution is -0.142. The summed E-state index contributed by atoms with van der Waals surface area (Å²) in [5, 5.41) is 18.2. The van der Waals surface area contributed by atoms with Crippen molar-refractivity contribution in [2.75, 3.05) is 11.9 Å². The molecule has 1 atom stereocenters. The van der Waals surface area contributed by atoms with E-state index in [4.69, 9.17) is 9.84 Å². The Bertz CT molecular complexity index is 1200. The second-order valence-corrected chi connectivity index (χ2v) is 8.72. The van der Waals surface area contributed by atoms with Crippen LogP contribution in [0.2, 0.25) is 0 Å². The number of carbonyl (C=O) groups excluding carboxylic acids is 2. The summed E-state index contributed by atoms with van der Waals surface area (Å²) in [5.41, 5.74) is 3.70. The number of carboxylic acid groups (broad SMARTS) is 1. The molecule has 1 heterocycles. The summed E-state index contributed by atoms with van der Waals surface area (Å²) in [6.07, 6.45) is 2.26. The van der Waals surface area contributed by atoms with Crippen LogP contribution < -0.4 is 10.6 Å². The highest BCUT2D eigenvalue weighted by molar-refractivity contribution is 5.88. The Hall–Kier alpha value is -4.14. The van der Waals surface area contributed by atoms with E-state index in [1.54, 1.807) is 13.8 Å². The fourth-order valence-corrected chi connectivity index (χ4v) is 3.98. The molecular weight excluding hydrogens is 436 g/mol. The van der Waals surface area contributed by atoms with Gasteiger partial charge in [-0.05, 0) is 43.0 Å². The van der Waals surface area contributed by atoms with Crippen LogP contribution in [0.1, 0.15) is 37.8 Å². The predicted octanol–water partition coefficient (Wildman–Crippen LogP) is 3.57.